The summed E-state index contributed by atoms with van der Waals surface area (Å²) in [7, 11) is -3.63. The van der Waals surface area contributed by atoms with Crippen LogP contribution in [0.4, 0.5) is 0 Å². The number of rotatable bonds is 4. The molecule has 1 aliphatic rings. The molecule has 1 aromatic carbocycles. The predicted octanol–water partition coefficient (Wildman–Crippen LogP) is 2.95. The van der Waals surface area contributed by atoms with E-state index in [1.807, 2.05) is 6.07 Å². The van der Waals surface area contributed by atoms with Crippen molar-refractivity contribution >= 4 is 10.0 Å². The predicted molar refractivity (Wildman–Crippen MR) is 85.4 cm³/mol. The lowest BCUT2D eigenvalue weighted by Crippen LogP contribution is -2.31. The Morgan fingerprint density at radius 1 is 1.24 bits per heavy atom. The van der Waals surface area contributed by atoms with Gasteiger partial charge in [-0.05, 0) is 49.8 Å². The maximum atomic E-state index is 11.4. The highest BCUT2D eigenvalue weighted by Gasteiger charge is 2.19. The summed E-state index contributed by atoms with van der Waals surface area (Å²) in [6.07, 6.45) is 6.24. The topological polar surface area (TPSA) is 72.2 Å². The molecule has 2 rings (SSSR count). The molecule has 118 valence electrons. The molecule has 3 N–H and O–H groups in total. The van der Waals surface area contributed by atoms with Gasteiger partial charge in [-0.3, -0.25) is 0 Å². The number of hydrogen-bond donors (Lipinski definition) is 2. The minimum absolute atomic E-state index is 0.130. The molecule has 5 heteroatoms. The Kier molecular flexibility index (Phi) is 5.41. The second-order valence-corrected chi connectivity index (χ2v) is 7.88. The lowest BCUT2D eigenvalue weighted by Gasteiger charge is -2.22. The quantitative estimate of drug-likeness (QED) is 0.840. The van der Waals surface area contributed by atoms with Crippen molar-refractivity contribution < 1.29 is 8.42 Å². The van der Waals surface area contributed by atoms with Gasteiger partial charge >= 0.3 is 0 Å². The van der Waals surface area contributed by atoms with Crippen molar-refractivity contribution in [3.05, 3.63) is 29.8 Å². The Morgan fingerprint density at radius 2 is 2.00 bits per heavy atom. The second-order valence-electron chi connectivity index (χ2n) is 6.32. The van der Waals surface area contributed by atoms with Crippen molar-refractivity contribution in [3.63, 3.8) is 0 Å². The van der Waals surface area contributed by atoms with Crippen molar-refractivity contribution in [3.8, 4) is 0 Å². The molecule has 0 amide bonds. The molecule has 1 fully saturated rings. The smallest absolute Gasteiger partial charge is 0.238 e. The highest BCUT2D eigenvalue weighted by Crippen LogP contribution is 2.25. The molecule has 4 nitrogen and oxygen atoms in total. The van der Waals surface area contributed by atoms with Crippen LogP contribution in [-0.2, 0) is 10.0 Å². The average molecular weight is 310 g/mol. The molecule has 1 saturated carbocycles. The zero-order valence-electron chi connectivity index (χ0n) is 12.9. The first-order valence-electron chi connectivity index (χ1n) is 7.75. The first kappa shape index (κ1) is 16.5. The SMILES string of the molecule is CC1CCCC(NC(C)c2cccc(S(N)(=O)=O)c2)CC1. The van der Waals surface area contributed by atoms with Crippen LogP contribution in [0.1, 0.15) is 57.6 Å². The van der Waals surface area contributed by atoms with E-state index in [0.717, 1.165) is 11.5 Å². The number of sulfonamides is 1. The largest absolute Gasteiger partial charge is 0.307 e. The van der Waals surface area contributed by atoms with Crippen LogP contribution in [0, 0.1) is 5.92 Å². The van der Waals surface area contributed by atoms with E-state index in [1.54, 1.807) is 18.2 Å². The van der Waals surface area contributed by atoms with Gasteiger partial charge in [-0.15, -0.1) is 0 Å². The van der Waals surface area contributed by atoms with E-state index in [1.165, 1.54) is 32.1 Å². The van der Waals surface area contributed by atoms with Crippen molar-refractivity contribution in [2.24, 2.45) is 11.1 Å². The fourth-order valence-electron chi connectivity index (χ4n) is 3.06. The first-order chi connectivity index (χ1) is 9.86. The maximum absolute atomic E-state index is 11.4. The van der Waals surface area contributed by atoms with Crippen LogP contribution < -0.4 is 10.5 Å². The molecule has 0 aromatic heterocycles. The van der Waals surface area contributed by atoms with E-state index in [9.17, 15) is 8.42 Å². The van der Waals surface area contributed by atoms with Crippen LogP contribution in [0.3, 0.4) is 0 Å². The van der Waals surface area contributed by atoms with Gasteiger partial charge in [-0.2, -0.15) is 0 Å². The summed E-state index contributed by atoms with van der Waals surface area (Å²) < 4.78 is 22.9. The van der Waals surface area contributed by atoms with Crippen LogP contribution in [0.15, 0.2) is 29.2 Å². The van der Waals surface area contributed by atoms with Gasteiger partial charge in [0.25, 0.3) is 0 Å². The van der Waals surface area contributed by atoms with Gasteiger partial charge < -0.3 is 5.32 Å². The van der Waals surface area contributed by atoms with E-state index < -0.39 is 10.0 Å². The Morgan fingerprint density at radius 3 is 2.71 bits per heavy atom. The molecule has 1 aromatic rings. The van der Waals surface area contributed by atoms with E-state index in [-0.39, 0.29) is 10.9 Å². The highest BCUT2D eigenvalue weighted by molar-refractivity contribution is 7.89. The minimum Gasteiger partial charge on any atom is -0.307 e. The third kappa shape index (κ3) is 4.80. The molecule has 0 radical (unpaired) electrons. The monoisotopic (exact) mass is 310 g/mol. The standard InChI is InChI=1S/C16H26N2O2S/c1-12-5-3-7-15(10-9-12)18-13(2)14-6-4-8-16(11-14)21(17,19)20/h4,6,8,11-13,15,18H,3,5,7,9-10H2,1-2H3,(H2,17,19,20). The molecular weight excluding hydrogens is 284 g/mol. The number of benzene rings is 1. The number of nitrogens with one attached hydrogen (secondary N) is 1. The summed E-state index contributed by atoms with van der Waals surface area (Å²) in [4.78, 5) is 0.183. The Labute approximate surface area is 128 Å². The van der Waals surface area contributed by atoms with Crippen LogP contribution in [0.2, 0.25) is 0 Å². The van der Waals surface area contributed by atoms with Gasteiger partial charge in [0, 0.05) is 12.1 Å². The summed E-state index contributed by atoms with van der Waals surface area (Å²) in [5.41, 5.74) is 0.971. The summed E-state index contributed by atoms with van der Waals surface area (Å²) in [5, 5.41) is 8.84. The number of hydrogen-bond acceptors (Lipinski definition) is 3. The number of nitrogens with two attached hydrogens (primary N) is 1. The van der Waals surface area contributed by atoms with Crippen molar-refractivity contribution in [1.82, 2.24) is 5.32 Å². The molecule has 0 aliphatic heterocycles. The minimum atomic E-state index is -3.63. The van der Waals surface area contributed by atoms with Gasteiger partial charge in [0.15, 0.2) is 0 Å². The van der Waals surface area contributed by atoms with E-state index in [4.69, 9.17) is 5.14 Å². The van der Waals surface area contributed by atoms with Gasteiger partial charge in [-0.1, -0.05) is 31.9 Å². The lowest BCUT2D eigenvalue weighted by atomic mass is 10.0. The lowest BCUT2D eigenvalue weighted by molar-refractivity contribution is 0.408. The first-order valence-corrected chi connectivity index (χ1v) is 9.29. The average Bonchev–Trinajstić information content (AvgIpc) is 2.63. The Hall–Kier alpha value is -0.910. The third-order valence-electron chi connectivity index (χ3n) is 4.43. The van der Waals surface area contributed by atoms with E-state index in [2.05, 4.69) is 19.2 Å². The van der Waals surface area contributed by atoms with Crippen LogP contribution in [0.5, 0.6) is 0 Å². The fraction of sp³-hybridized carbons (Fsp3) is 0.625. The van der Waals surface area contributed by atoms with Crippen molar-refractivity contribution in [2.45, 2.75) is 62.9 Å². The molecule has 3 atom stereocenters. The summed E-state index contributed by atoms with van der Waals surface area (Å²) in [5.74, 6) is 0.817. The maximum Gasteiger partial charge on any atom is 0.238 e. The molecule has 21 heavy (non-hydrogen) atoms. The van der Waals surface area contributed by atoms with Crippen LogP contribution in [-0.4, -0.2) is 14.5 Å². The van der Waals surface area contributed by atoms with Gasteiger partial charge in [0.2, 0.25) is 10.0 Å². The van der Waals surface area contributed by atoms with Gasteiger partial charge in [0.1, 0.15) is 0 Å². The Bertz CT molecular complexity index is 571. The Balaban J connectivity index is 2.04. The summed E-state index contributed by atoms with van der Waals surface area (Å²) >= 11 is 0. The third-order valence-corrected chi connectivity index (χ3v) is 5.34. The van der Waals surface area contributed by atoms with Crippen LogP contribution in [0.25, 0.3) is 0 Å². The molecule has 0 bridgehead atoms. The van der Waals surface area contributed by atoms with Crippen molar-refractivity contribution in [1.29, 1.82) is 0 Å². The van der Waals surface area contributed by atoms with E-state index in [0.29, 0.717) is 6.04 Å². The van der Waals surface area contributed by atoms with Gasteiger partial charge in [-0.25, -0.2) is 13.6 Å². The molecule has 0 spiro atoms. The fourth-order valence-corrected chi connectivity index (χ4v) is 3.63. The van der Waals surface area contributed by atoms with Crippen molar-refractivity contribution in [2.75, 3.05) is 0 Å². The molecular formula is C16H26N2O2S. The van der Waals surface area contributed by atoms with Crippen LogP contribution >= 0.6 is 0 Å². The molecule has 1 aliphatic carbocycles. The second kappa shape index (κ2) is 6.90. The summed E-state index contributed by atoms with van der Waals surface area (Å²) in [6.45, 7) is 4.40. The zero-order chi connectivity index (χ0) is 15.5. The summed E-state index contributed by atoms with van der Waals surface area (Å²) in [6, 6.07) is 7.56. The molecule has 0 saturated heterocycles. The highest BCUT2D eigenvalue weighted by atomic mass is 32.2. The normalized spacial score (nSPS) is 25.3. The molecule has 0 heterocycles. The molecule has 3 unspecified atom stereocenters. The van der Waals surface area contributed by atoms with E-state index >= 15 is 0 Å². The number of primary sulfonamides is 1. The van der Waals surface area contributed by atoms with Gasteiger partial charge in [0.05, 0.1) is 4.90 Å². The zero-order valence-corrected chi connectivity index (χ0v) is 13.7.